The molecule has 0 atom stereocenters. The van der Waals surface area contributed by atoms with E-state index in [1.807, 2.05) is 18.5 Å². The number of pyridine rings is 1. The molecule has 0 spiro atoms. The van der Waals surface area contributed by atoms with Crippen LogP contribution in [0.2, 0.25) is 0 Å². The molecule has 1 aliphatic heterocycles. The standard InChI is InChI=1S/C36H26N4/c1-24-19-26(22-38-36(20-24)40-33-17-9-5-13-27(33)28-14-6-10-18-34(28)40)39-32-16-8-7-15-29(32)30-21-31(37-23-35(30)39)25-11-3-2-4-12-25/h2-19,21-23H,20H2,1H3. The Morgan fingerprint density at radius 3 is 1.85 bits per heavy atom. The van der Waals surface area contributed by atoms with E-state index in [-0.39, 0.29) is 0 Å². The van der Waals surface area contributed by atoms with Crippen molar-refractivity contribution in [2.75, 3.05) is 0 Å². The lowest BCUT2D eigenvalue weighted by molar-refractivity contribution is 1.14. The van der Waals surface area contributed by atoms with Crippen molar-refractivity contribution in [3.8, 4) is 11.3 Å². The molecule has 3 aromatic heterocycles. The summed E-state index contributed by atoms with van der Waals surface area (Å²) in [4.78, 5) is 10.0. The van der Waals surface area contributed by atoms with Crippen molar-refractivity contribution in [3.63, 3.8) is 0 Å². The highest BCUT2D eigenvalue weighted by Gasteiger charge is 2.19. The normalized spacial score (nSPS) is 14.0. The summed E-state index contributed by atoms with van der Waals surface area (Å²) in [6.45, 7) is 2.20. The first-order chi connectivity index (χ1) is 19.8. The molecule has 0 fully saturated rings. The van der Waals surface area contributed by atoms with Gasteiger partial charge in [-0.05, 0) is 37.3 Å². The Morgan fingerprint density at radius 1 is 0.600 bits per heavy atom. The smallest absolute Gasteiger partial charge is 0.117 e. The summed E-state index contributed by atoms with van der Waals surface area (Å²) in [7, 11) is 0. The lowest BCUT2D eigenvalue weighted by Crippen LogP contribution is -2.11. The third-order valence-corrected chi connectivity index (χ3v) is 7.90. The first-order valence-corrected chi connectivity index (χ1v) is 13.6. The zero-order valence-electron chi connectivity index (χ0n) is 22.1. The maximum atomic E-state index is 5.16. The summed E-state index contributed by atoms with van der Waals surface area (Å²) >= 11 is 0. The Morgan fingerprint density at radius 2 is 1.18 bits per heavy atom. The molecule has 0 N–H and O–H groups in total. The molecule has 4 heteroatoms. The minimum absolute atomic E-state index is 0.760. The third kappa shape index (κ3) is 3.46. The van der Waals surface area contributed by atoms with Crippen LogP contribution in [0.1, 0.15) is 13.3 Å². The fourth-order valence-electron chi connectivity index (χ4n) is 6.15. The van der Waals surface area contributed by atoms with E-state index in [9.17, 15) is 0 Å². The van der Waals surface area contributed by atoms with Crippen molar-refractivity contribution in [1.29, 1.82) is 0 Å². The molecular formula is C36H26N4. The summed E-state index contributed by atoms with van der Waals surface area (Å²) in [5.74, 6) is 1.02. The van der Waals surface area contributed by atoms with Gasteiger partial charge in [0.2, 0.25) is 0 Å². The van der Waals surface area contributed by atoms with Crippen LogP contribution in [-0.2, 0) is 0 Å². The second-order valence-corrected chi connectivity index (χ2v) is 10.4. The van der Waals surface area contributed by atoms with Gasteiger partial charge in [-0.1, -0.05) is 90.5 Å². The minimum atomic E-state index is 0.760. The number of fused-ring (bicyclic) bond motifs is 6. The van der Waals surface area contributed by atoms with Gasteiger partial charge in [0.15, 0.2) is 0 Å². The molecule has 4 nitrogen and oxygen atoms in total. The molecule has 0 aliphatic carbocycles. The molecule has 7 aromatic rings. The van der Waals surface area contributed by atoms with Gasteiger partial charge in [-0.3, -0.25) is 9.55 Å². The zero-order valence-corrected chi connectivity index (χ0v) is 22.1. The molecule has 190 valence electrons. The average molecular weight is 515 g/mol. The van der Waals surface area contributed by atoms with E-state index in [0.29, 0.717) is 0 Å². The molecule has 0 radical (unpaired) electrons. The van der Waals surface area contributed by atoms with Gasteiger partial charge in [0.05, 0.1) is 45.9 Å². The molecular weight excluding hydrogens is 488 g/mol. The van der Waals surface area contributed by atoms with Crippen LogP contribution >= 0.6 is 0 Å². The second-order valence-electron chi connectivity index (χ2n) is 10.4. The predicted octanol–water partition coefficient (Wildman–Crippen LogP) is 9.06. The van der Waals surface area contributed by atoms with Crippen molar-refractivity contribution in [2.24, 2.45) is 4.99 Å². The van der Waals surface area contributed by atoms with Crippen molar-refractivity contribution in [2.45, 2.75) is 13.3 Å². The predicted molar refractivity (Wildman–Crippen MR) is 168 cm³/mol. The zero-order chi connectivity index (χ0) is 26.6. The number of aromatic nitrogens is 3. The van der Waals surface area contributed by atoms with Crippen molar-refractivity contribution < 1.29 is 0 Å². The Bertz CT molecular complexity index is 2140. The van der Waals surface area contributed by atoms with Crippen LogP contribution in [0.15, 0.2) is 138 Å². The number of allylic oxidation sites excluding steroid dienone is 3. The summed E-state index contributed by atoms with van der Waals surface area (Å²) in [5, 5.41) is 4.89. The SMILES string of the molecule is CC1=CC(n2c3ccccc3c3cc(-c4ccccc4)ncc32)=CN=C(n2c3ccccc3c3ccccc32)C1. The molecule has 4 aromatic carbocycles. The van der Waals surface area contributed by atoms with Crippen molar-refractivity contribution in [3.05, 3.63) is 133 Å². The van der Waals surface area contributed by atoms with Crippen LogP contribution in [0.5, 0.6) is 0 Å². The van der Waals surface area contributed by atoms with Crippen LogP contribution in [-0.4, -0.2) is 20.0 Å². The van der Waals surface area contributed by atoms with Gasteiger partial charge in [0.25, 0.3) is 0 Å². The molecule has 4 heterocycles. The number of nitrogens with zero attached hydrogens (tertiary/aromatic N) is 4. The molecule has 0 bridgehead atoms. The minimum Gasteiger partial charge on any atom is -0.306 e. The van der Waals surface area contributed by atoms with E-state index in [4.69, 9.17) is 9.98 Å². The van der Waals surface area contributed by atoms with E-state index in [2.05, 4.69) is 125 Å². The number of aliphatic imine (C=N–C) groups is 1. The van der Waals surface area contributed by atoms with E-state index in [1.54, 1.807) is 0 Å². The highest BCUT2D eigenvalue weighted by Crippen LogP contribution is 2.35. The number of hydrogen-bond acceptors (Lipinski definition) is 2. The number of benzene rings is 4. The van der Waals surface area contributed by atoms with Crippen molar-refractivity contribution >= 4 is 55.1 Å². The average Bonchev–Trinajstić information content (AvgIpc) is 3.44. The van der Waals surface area contributed by atoms with E-state index in [0.717, 1.165) is 40.2 Å². The van der Waals surface area contributed by atoms with E-state index >= 15 is 0 Å². The van der Waals surface area contributed by atoms with E-state index < -0.39 is 0 Å². The quantitative estimate of drug-likeness (QED) is 0.227. The van der Waals surface area contributed by atoms with Gasteiger partial charge >= 0.3 is 0 Å². The summed E-state index contributed by atoms with van der Waals surface area (Å²) < 4.78 is 4.62. The van der Waals surface area contributed by atoms with Crippen molar-refractivity contribution in [1.82, 2.24) is 14.1 Å². The maximum Gasteiger partial charge on any atom is 0.117 e. The van der Waals surface area contributed by atoms with Gasteiger partial charge in [-0.15, -0.1) is 0 Å². The molecule has 0 amide bonds. The molecule has 8 rings (SSSR count). The van der Waals surface area contributed by atoms with Gasteiger partial charge in [0, 0.05) is 33.5 Å². The lowest BCUT2D eigenvalue weighted by atomic mass is 10.1. The topological polar surface area (TPSA) is 35.1 Å². The first-order valence-electron chi connectivity index (χ1n) is 13.6. The van der Waals surface area contributed by atoms with Gasteiger partial charge in [-0.2, -0.15) is 0 Å². The first kappa shape index (κ1) is 22.7. The van der Waals surface area contributed by atoms with Crippen LogP contribution in [0, 0.1) is 0 Å². The fraction of sp³-hybridized carbons (Fsp3) is 0.0556. The molecule has 0 saturated carbocycles. The Kier molecular flexibility index (Phi) is 5.07. The van der Waals surface area contributed by atoms with Crippen LogP contribution < -0.4 is 0 Å². The summed E-state index contributed by atoms with van der Waals surface area (Å²) in [6.07, 6.45) is 7.05. The van der Waals surface area contributed by atoms with Gasteiger partial charge in [0.1, 0.15) is 5.84 Å². The third-order valence-electron chi connectivity index (χ3n) is 7.90. The van der Waals surface area contributed by atoms with Gasteiger partial charge in [-0.25, -0.2) is 4.99 Å². The monoisotopic (exact) mass is 514 g/mol. The number of hydrogen-bond donors (Lipinski definition) is 0. The van der Waals surface area contributed by atoms with E-state index in [1.165, 1.54) is 38.2 Å². The van der Waals surface area contributed by atoms with Crippen LogP contribution in [0.3, 0.4) is 0 Å². The highest BCUT2D eigenvalue weighted by molar-refractivity contribution is 6.15. The largest absolute Gasteiger partial charge is 0.306 e. The Labute approximate surface area is 231 Å². The van der Waals surface area contributed by atoms with Gasteiger partial charge < -0.3 is 4.57 Å². The Hall–Kier alpha value is -5.22. The summed E-state index contributed by atoms with van der Waals surface area (Å²) in [6, 6.07) is 38.4. The maximum absolute atomic E-state index is 5.16. The molecule has 1 aliphatic rings. The molecule has 0 saturated heterocycles. The highest BCUT2D eigenvalue weighted by atomic mass is 15.1. The number of rotatable bonds is 2. The molecule has 40 heavy (non-hydrogen) atoms. The second kappa shape index (κ2) is 8.92. The number of para-hydroxylation sites is 3. The molecule has 0 unspecified atom stereocenters. The van der Waals surface area contributed by atoms with Crippen LogP contribution in [0.25, 0.3) is 60.6 Å². The van der Waals surface area contributed by atoms with Crippen LogP contribution in [0.4, 0.5) is 0 Å². The Balaban J connectivity index is 1.35. The summed E-state index contributed by atoms with van der Waals surface area (Å²) in [5.41, 5.74) is 8.97. The lowest BCUT2D eigenvalue weighted by Gasteiger charge is -2.10. The fourth-order valence-corrected chi connectivity index (χ4v) is 6.15.